The van der Waals surface area contributed by atoms with E-state index in [2.05, 4.69) is 12.2 Å². The average Bonchev–Trinajstić information content (AvgIpc) is 1.81. The fourth-order valence-corrected chi connectivity index (χ4v) is 0.854. The largest absolute Gasteiger partial charge is 0.347 e. The van der Waals surface area contributed by atoms with Crippen LogP contribution in [0.4, 0.5) is 0 Å². The second-order valence-corrected chi connectivity index (χ2v) is 2.62. The summed E-state index contributed by atoms with van der Waals surface area (Å²) in [5.74, 6) is 2.10. The lowest BCUT2D eigenvalue weighted by molar-refractivity contribution is 0.544. The van der Waals surface area contributed by atoms with Crippen molar-refractivity contribution in [3.63, 3.8) is 0 Å². The molecular weight excluding hydrogens is 122 g/mol. The van der Waals surface area contributed by atoms with E-state index in [0.717, 1.165) is 18.1 Å². The van der Waals surface area contributed by atoms with Crippen molar-refractivity contribution in [2.45, 2.75) is 6.92 Å². The lowest BCUT2D eigenvalue weighted by Crippen LogP contribution is -2.13. The Morgan fingerprint density at radius 1 is 1.75 bits per heavy atom. The maximum absolute atomic E-state index is 9.52. The molecule has 0 saturated heterocycles. The van der Waals surface area contributed by atoms with Crippen molar-refractivity contribution < 1.29 is 4.79 Å². The van der Waals surface area contributed by atoms with E-state index in [1.54, 1.807) is 18.2 Å². The number of amides is 1. The molecule has 2 nitrogen and oxygen atoms in total. The van der Waals surface area contributed by atoms with Crippen molar-refractivity contribution in [3.8, 4) is 0 Å². The highest BCUT2D eigenvalue weighted by Crippen LogP contribution is 1.94. The summed E-state index contributed by atoms with van der Waals surface area (Å²) in [5, 5.41) is 2.46. The summed E-state index contributed by atoms with van der Waals surface area (Å²) in [6, 6.07) is 0. The summed E-state index contributed by atoms with van der Waals surface area (Å²) in [6.45, 7) is 2.83. The molecule has 0 unspecified atom stereocenters. The molecule has 0 heterocycles. The van der Waals surface area contributed by atoms with Crippen molar-refractivity contribution in [2.75, 3.05) is 18.1 Å². The molecule has 0 saturated carbocycles. The minimum absolute atomic E-state index is 0.738. The van der Waals surface area contributed by atoms with Crippen LogP contribution in [0.15, 0.2) is 0 Å². The summed E-state index contributed by atoms with van der Waals surface area (Å²) in [4.78, 5) is 9.52. The molecule has 0 aliphatic heterocycles. The van der Waals surface area contributed by atoms with Gasteiger partial charge in [-0.1, -0.05) is 6.92 Å². The lowest BCUT2D eigenvalue weighted by atomic mass is 10.8. The van der Waals surface area contributed by atoms with E-state index in [-0.39, 0.29) is 0 Å². The SMILES string of the molecule is CCSCCN[C]=O. The van der Waals surface area contributed by atoms with Gasteiger partial charge in [-0.3, -0.25) is 4.79 Å². The molecule has 0 atom stereocenters. The van der Waals surface area contributed by atoms with Gasteiger partial charge in [0.05, 0.1) is 0 Å². The summed E-state index contributed by atoms with van der Waals surface area (Å²) >= 11 is 1.81. The van der Waals surface area contributed by atoms with E-state index in [1.165, 1.54) is 0 Å². The number of hydrogen-bond donors (Lipinski definition) is 1. The topological polar surface area (TPSA) is 29.1 Å². The molecule has 0 fully saturated rings. The Hall–Kier alpha value is -0.180. The van der Waals surface area contributed by atoms with Gasteiger partial charge in [-0.2, -0.15) is 11.8 Å². The van der Waals surface area contributed by atoms with Crippen molar-refractivity contribution in [3.05, 3.63) is 0 Å². The highest BCUT2D eigenvalue weighted by molar-refractivity contribution is 7.99. The van der Waals surface area contributed by atoms with Crippen LogP contribution in [0.25, 0.3) is 0 Å². The fourth-order valence-electron chi connectivity index (χ4n) is 0.319. The minimum Gasteiger partial charge on any atom is -0.347 e. The first-order chi connectivity index (χ1) is 3.91. The molecule has 0 aromatic carbocycles. The van der Waals surface area contributed by atoms with Crippen LogP contribution in [0.3, 0.4) is 0 Å². The fraction of sp³-hybridized carbons (Fsp3) is 0.800. The molecule has 0 spiro atoms. The molecule has 0 aliphatic rings. The van der Waals surface area contributed by atoms with E-state index >= 15 is 0 Å². The Morgan fingerprint density at radius 3 is 3.00 bits per heavy atom. The molecule has 8 heavy (non-hydrogen) atoms. The first-order valence-corrected chi connectivity index (χ1v) is 3.75. The van der Waals surface area contributed by atoms with Gasteiger partial charge in [-0.05, 0) is 5.75 Å². The van der Waals surface area contributed by atoms with Crippen LogP contribution >= 0.6 is 11.8 Å². The first-order valence-electron chi connectivity index (χ1n) is 2.59. The van der Waals surface area contributed by atoms with Crippen LogP contribution in [0.2, 0.25) is 0 Å². The molecule has 47 valence electrons. The van der Waals surface area contributed by atoms with E-state index in [0.29, 0.717) is 0 Å². The lowest BCUT2D eigenvalue weighted by Gasteiger charge is -1.93. The Morgan fingerprint density at radius 2 is 2.50 bits per heavy atom. The Balaban J connectivity index is 2.62. The third-order valence-corrected chi connectivity index (χ3v) is 1.55. The third-order valence-electron chi connectivity index (χ3n) is 0.648. The maximum Gasteiger partial charge on any atom is 0.309 e. The summed E-state index contributed by atoms with van der Waals surface area (Å²) < 4.78 is 0. The van der Waals surface area contributed by atoms with Crippen LogP contribution < -0.4 is 5.32 Å². The number of hydrogen-bond acceptors (Lipinski definition) is 2. The molecule has 0 aromatic heterocycles. The van der Waals surface area contributed by atoms with E-state index in [1.807, 2.05) is 0 Å². The van der Waals surface area contributed by atoms with Gasteiger partial charge >= 0.3 is 6.41 Å². The number of carbonyl (C=O) groups excluding carboxylic acids is 1. The van der Waals surface area contributed by atoms with E-state index < -0.39 is 0 Å². The summed E-state index contributed by atoms with van der Waals surface area (Å²) in [7, 11) is 0. The van der Waals surface area contributed by atoms with Gasteiger partial charge in [0, 0.05) is 12.3 Å². The molecule has 1 radical (unpaired) electrons. The smallest absolute Gasteiger partial charge is 0.309 e. The number of nitrogens with one attached hydrogen (secondary N) is 1. The second-order valence-electron chi connectivity index (χ2n) is 1.23. The zero-order chi connectivity index (χ0) is 6.24. The highest BCUT2D eigenvalue weighted by Gasteiger charge is 1.81. The standard InChI is InChI=1S/C5H10NOS/c1-2-8-4-3-6-5-7/h2-4H2,1H3,(H,6,7). The molecule has 3 heteroatoms. The Labute approximate surface area is 54.0 Å². The Kier molecular flexibility index (Phi) is 6.67. The maximum atomic E-state index is 9.52. The van der Waals surface area contributed by atoms with Gasteiger partial charge in [-0.25, -0.2) is 0 Å². The summed E-state index contributed by atoms with van der Waals surface area (Å²) in [6.07, 6.45) is 1.61. The van der Waals surface area contributed by atoms with Gasteiger partial charge in [0.1, 0.15) is 0 Å². The van der Waals surface area contributed by atoms with Crippen LogP contribution in [-0.2, 0) is 4.79 Å². The van der Waals surface area contributed by atoms with Crippen LogP contribution in [0, 0.1) is 0 Å². The van der Waals surface area contributed by atoms with Gasteiger partial charge in [0.15, 0.2) is 0 Å². The van der Waals surface area contributed by atoms with E-state index in [9.17, 15) is 4.79 Å². The highest BCUT2D eigenvalue weighted by atomic mass is 32.2. The number of thioether (sulfide) groups is 1. The molecule has 0 bridgehead atoms. The van der Waals surface area contributed by atoms with Crippen LogP contribution in [0.5, 0.6) is 0 Å². The average molecular weight is 132 g/mol. The third kappa shape index (κ3) is 5.82. The molecule has 1 amide bonds. The van der Waals surface area contributed by atoms with E-state index in [4.69, 9.17) is 0 Å². The van der Waals surface area contributed by atoms with Gasteiger partial charge in [-0.15, -0.1) is 0 Å². The predicted octanol–water partition coefficient (Wildman–Crippen LogP) is 0.396. The van der Waals surface area contributed by atoms with Crippen LogP contribution in [0.1, 0.15) is 6.92 Å². The molecule has 1 N–H and O–H groups in total. The minimum atomic E-state index is 0.738. The van der Waals surface area contributed by atoms with Crippen molar-refractivity contribution in [2.24, 2.45) is 0 Å². The quantitative estimate of drug-likeness (QED) is 0.433. The molecule has 0 aliphatic carbocycles. The molecular formula is C5H10NOS. The van der Waals surface area contributed by atoms with Crippen LogP contribution in [-0.4, -0.2) is 24.5 Å². The molecule has 0 aromatic rings. The number of rotatable bonds is 5. The monoisotopic (exact) mass is 132 g/mol. The Bertz CT molecular complexity index is 58.4. The van der Waals surface area contributed by atoms with Crippen molar-refractivity contribution >= 4 is 18.2 Å². The first kappa shape index (κ1) is 7.82. The van der Waals surface area contributed by atoms with Crippen molar-refractivity contribution in [1.82, 2.24) is 5.32 Å². The second kappa shape index (κ2) is 6.82. The van der Waals surface area contributed by atoms with Gasteiger partial charge in [0.2, 0.25) is 0 Å². The zero-order valence-corrected chi connectivity index (χ0v) is 5.75. The predicted molar refractivity (Wildman–Crippen MR) is 36.7 cm³/mol. The van der Waals surface area contributed by atoms with Crippen molar-refractivity contribution in [1.29, 1.82) is 0 Å². The van der Waals surface area contributed by atoms with Gasteiger partial charge in [0.25, 0.3) is 0 Å². The zero-order valence-electron chi connectivity index (χ0n) is 4.94. The summed E-state index contributed by atoms with van der Waals surface area (Å²) in [5.41, 5.74) is 0. The molecule has 0 rings (SSSR count). The normalized spacial score (nSPS) is 8.62. The van der Waals surface area contributed by atoms with Gasteiger partial charge < -0.3 is 5.32 Å².